The van der Waals surface area contributed by atoms with Gasteiger partial charge in [-0.3, -0.25) is 0 Å². The van der Waals surface area contributed by atoms with Crippen molar-refractivity contribution in [2.24, 2.45) is 11.8 Å². The van der Waals surface area contributed by atoms with Crippen molar-refractivity contribution >= 4 is 34.8 Å². The van der Waals surface area contributed by atoms with Gasteiger partial charge < -0.3 is 15.4 Å². The van der Waals surface area contributed by atoms with Gasteiger partial charge in [-0.1, -0.05) is 30.1 Å². The SMILES string of the molecule is CC1CN(c2nc(NN)c(Cl)cc2Cl)CCC1O. The Morgan fingerprint density at radius 1 is 1.50 bits per heavy atom. The minimum absolute atomic E-state index is 0.182. The van der Waals surface area contributed by atoms with Gasteiger partial charge in [-0.15, -0.1) is 0 Å². The lowest BCUT2D eigenvalue weighted by Gasteiger charge is -2.35. The predicted octanol–water partition coefficient (Wildman–Crippen LogP) is 1.88. The van der Waals surface area contributed by atoms with Crippen molar-refractivity contribution in [3.8, 4) is 0 Å². The van der Waals surface area contributed by atoms with E-state index in [-0.39, 0.29) is 12.0 Å². The number of nitrogens with two attached hydrogens (primary N) is 1. The molecule has 2 heterocycles. The molecule has 0 radical (unpaired) electrons. The number of nitrogens with zero attached hydrogens (tertiary/aromatic N) is 2. The molecule has 2 atom stereocenters. The number of nitrogen functional groups attached to an aromatic ring is 1. The van der Waals surface area contributed by atoms with Gasteiger partial charge in [0, 0.05) is 13.1 Å². The molecule has 1 saturated heterocycles. The van der Waals surface area contributed by atoms with E-state index in [1.54, 1.807) is 6.07 Å². The molecule has 100 valence electrons. The zero-order valence-corrected chi connectivity index (χ0v) is 11.5. The largest absolute Gasteiger partial charge is 0.393 e. The highest BCUT2D eigenvalue weighted by molar-refractivity contribution is 6.37. The van der Waals surface area contributed by atoms with Crippen LogP contribution in [0.1, 0.15) is 13.3 Å². The summed E-state index contributed by atoms with van der Waals surface area (Å²) in [4.78, 5) is 6.36. The Bertz CT molecular complexity index is 443. The molecule has 7 heteroatoms. The number of halogens is 2. The molecule has 4 N–H and O–H groups in total. The average Bonchev–Trinajstić information content (AvgIpc) is 2.33. The van der Waals surface area contributed by atoms with Crippen molar-refractivity contribution in [3.05, 3.63) is 16.1 Å². The first-order valence-corrected chi connectivity index (χ1v) is 6.54. The maximum atomic E-state index is 9.72. The maximum absolute atomic E-state index is 9.72. The van der Waals surface area contributed by atoms with Gasteiger partial charge >= 0.3 is 0 Å². The molecule has 1 aliphatic heterocycles. The number of nitrogens with one attached hydrogen (secondary N) is 1. The third kappa shape index (κ3) is 2.64. The Morgan fingerprint density at radius 3 is 2.83 bits per heavy atom. The number of aliphatic hydroxyl groups is 1. The van der Waals surface area contributed by atoms with E-state index >= 15 is 0 Å². The molecule has 1 aromatic heterocycles. The Balaban J connectivity index is 2.28. The Hall–Kier alpha value is -0.750. The lowest BCUT2D eigenvalue weighted by molar-refractivity contribution is 0.0969. The van der Waals surface area contributed by atoms with Crippen molar-refractivity contribution in [2.75, 3.05) is 23.4 Å². The fourth-order valence-electron chi connectivity index (χ4n) is 2.11. The van der Waals surface area contributed by atoms with Gasteiger partial charge in [0.2, 0.25) is 0 Å². The summed E-state index contributed by atoms with van der Waals surface area (Å²) in [6.07, 6.45) is 0.437. The van der Waals surface area contributed by atoms with E-state index in [9.17, 15) is 5.11 Å². The third-order valence-corrected chi connectivity index (χ3v) is 3.77. The normalized spacial score (nSPS) is 24.2. The zero-order chi connectivity index (χ0) is 13.3. The molecule has 1 aliphatic rings. The van der Waals surface area contributed by atoms with Crippen molar-refractivity contribution in [1.82, 2.24) is 4.98 Å². The summed E-state index contributed by atoms with van der Waals surface area (Å²) < 4.78 is 0. The number of aromatic nitrogens is 1. The van der Waals surface area contributed by atoms with Crippen LogP contribution in [0.15, 0.2) is 6.07 Å². The fraction of sp³-hybridized carbons (Fsp3) is 0.545. The summed E-state index contributed by atoms with van der Waals surface area (Å²) in [7, 11) is 0. The van der Waals surface area contributed by atoms with E-state index in [4.69, 9.17) is 29.0 Å². The van der Waals surface area contributed by atoms with Gasteiger partial charge in [-0.25, -0.2) is 10.8 Å². The van der Waals surface area contributed by atoms with Gasteiger partial charge in [-0.2, -0.15) is 0 Å². The molecule has 18 heavy (non-hydrogen) atoms. The second kappa shape index (κ2) is 5.48. The minimum Gasteiger partial charge on any atom is -0.393 e. The van der Waals surface area contributed by atoms with E-state index in [0.29, 0.717) is 41.2 Å². The Morgan fingerprint density at radius 2 is 2.22 bits per heavy atom. The Labute approximate surface area is 116 Å². The van der Waals surface area contributed by atoms with Gasteiger partial charge in [0.05, 0.1) is 16.1 Å². The molecule has 0 spiro atoms. The summed E-state index contributed by atoms with van der Waals surface area (Å²) in [6.45, 7) is 3.42. The number of piperidine rings is 1. The van der Waals surface area contributed by atoms with Crippen LogP contribution in [-0.4, -0.2) is 29.3 Å². The van der Waals surface area contributed by atoms with Gasteiger partial charge in [0.25, 0.3) is 0 Å². The first kappa shape index (κ1) is 13.7. The molecule has 0 aliphatic carbocycles. The standard InChI is InChI=1S/C11H16Cl2N4O/c1-6-5-17(3-2-9(6)18)11-8(13)4-7(12)10(15-11)16-14/h4,6,9,18H,2-3,5,14H2,1H3,(H,15,16). The van der Waals surface area contributed by atoms with Crippen LogP contribution in [0.5, 0.6) is 0 Å². The second-order valence-corrected chi connectivity index (χ2v) is 5.36. The van der Waals surface area contributed by atoms with Crippen LogP contribution < -0.4 is 16.2 Å². The van der Waals surface area contributed by atoms with Crippen molar-refractivity contribution < 1.29 is 5.11 Å². The lowest BCUT2D eigenvalue weighted by Crippen LogP contribution is -2.42. The van der Waals surface area contributed by atoms with Crippen molar-refractivity contribution in [3.63, 3.8) is 0 Å². The highest BCUT2D eigenvalue weighted by atomic mass is 35.5. The number of pyridine rings is 1. The maximum Gasteiger partial charge on any atom is 0.161 e. The third-order valence-electron chi connectivity index (χ3n) is 3.21. The van der Waals surface area contributed by atoms with Crippen molar-refractivity contribution in [1.29, 1.82) is 0 Å². The number of hydrogen-bond acceptors (Lipinski definition) is 5. The second-order valence-electron chi connectivity index (χ2n) is 4.55. The number of aliphatic hydroxyl groups excluding tert-OH is 1. The molecule has 5 nitrogen and oxygen atoms in total. The molecular weight excluding hydrogens is 275 g/mol. The van der Waals surface area contributed by atoms with Gasteiger partial charge in [-0.05, 0) is 18.4 Å². The van der Waals surface area contributed by atoms with Crippen LogP contribution in [0.3, 0.4) is 0 Å². The molecular formula is C11H16Cl2N4O. The summed E-state index contributed by atoms with van der Waals surface area (Å²) in [6, 6.07) is 1.62. The summed E-state index contributed by atoms with van der Waals surface area (Å²) in [5.74, 6) is 6.58. The summed E-state index contributed by atoms with van der Waals surface area (Å²) >= 11 is 12.1. The molecule has 0 aromatic carbocycles. The number of hydrogen-bond donors (Lipinski definition) is 3. The van der Waals surface area contributed by atoms with Crippen molar-refractivity contribution in [2.45, 2.75) is 19.4 Å². The van der Waals surface area contributed by atoms with Crippen LogP contribution in [0.4, 0.5) is 11.6 Å². The van der Waals surface area contributed by atoms with E-state index in [0.717, 1.165) is 0 Å². The minimum atomic E-state index is -0.264. The summed E-state index contributed by atoms with van der Waals surface area (Å²) in [5.41, 5.74) is 2.44. The van der Waals surface area contributed by atoms with Gasteiger partial charge in [0.15, 0.2) is 5.82 Å². The molecule has 2 rings (SSSR count). The quantitative estimate of drug-likeness (QED) is 0.573. The number of anilines is 2. The van der Waals surface area contributed by atoms with E-state index in [2.05, 4.69) is 10.4 Å². The lowest BCUT2D eigenvalue weighted by atomic mass is 9.97. The zero-order valence-electron chi connectivity index (χ0n) is 10.0. The van der Waals surface area contributed by atoms with Crippen LogP contribution in [0.25, 0.3) is 0 Å². The molecule has 2 unspecified atom stereocenters. The van der Waals surface area contributed by atoms with E-state index in [1.807, 2.05) is 11.8 Å². The van der Waals surface area contributed by atoms with E-state index < -0.39 is 0 Å². The number of hydrazine groups is 1. The van der Waals surface area contributed by atoms with E-state index in [1.165, 1.54) is 0 Å². The molecule has 1 aromatic rings. The highest BCUT2D eigenvalue weighted by Crippen LogP contribution is 2.33. The topological polar surface area (TPSA) is 74.4 Å². The average molecular weight is 291 g/mol. The molecule has 0 amide bonds. The Kier molecular flexibility index (Phi) is 4.17. The van der Waals surface area contributed by atoms with Crippen LogP contribution in [0, 0.1) is 5.92 Å². The smallest absolute Gasteiger partial charge is 0.161 e. The molecule has 0 saturated carbocycles. The van der Waals surface area contributed by atoms with Crippen LogP contribution >= 0.6 is 23.2 Å². The fourth-order valence-corrected chi connectivity index (χ4v) is 2.64. The van der Waals surface area contributed by atoms with Crippen LogP contribution in [-0.2, 0) is 0 Å². The first-order valence-electron chi connectivity index (χ1n) is 5.78. The van der Waals surface area contributed by atoms with Gasteiger partial charge in [0.1, 0.15) is 5.82 Å². The first-order chi connectivity index (χ1) is 8.52. The molecule has 0 bridgehead atoms. The highest BCUT2D eigenvalue weighted by Gasteiger charge is 2.26. The predicted molar refractivity (Wildman–Crippen MR) is 74.1 cm³/mol. The van der Waals surface area contributed by atoms with Crippen LogP contribution in [0.2, 0.25) is 10.0 Å². The summed E-state index contributed by atoms with van der Waals surface area (Å²) in [5, 5.41) is 10.6. The number of rotatable bonds is 2. The monoisotopic (exact) mass is 290 g/mol. The molecule has 1 fully saturated rings.